The first-order valence-corrected chi connectivity index (χ1v) is 6.50. The molecule has 21 heavy (non-hydrogen) atoms. The van der Waals surface area contributed by atoms with Crippen molar-refractivity contribution in [2.75, 3.05) is 5.32 Å². The molecule has 1 heterocycles. The smallest absolute Gasteiger partial charge is 0.381 e. The number of rotatable bonds is 3. The topological polar surface area (TPSA) is 27.8 Å². The molecule has 0 aliphatic rings. The van der Waals surface area contributed by atoms with Crippen molar-refractivity contribution >= 4 is 16.6 Å². The maximum atomic E-state index is 12.7. The lowest BCUT2D eigenvalue weighted by Gasteiger charge is -2.11. The predicted molar refractivity (Wildman–Crippen MR) is 77.1 cm³/mol. The van der Waals surface area contributed by atoms with Gasteiger partial charge in [0.1, 0.15) is 0 Å². The maximum absolute atomic E-state index is 12.7. The van der Waals surface area contributed by atoms with Crippen LogP contribution in [0.2, 0.25) is 0 Å². The summed E-state index contributed by atoms with van der Waals surface area (Å²) < 4.78 is 38.0. The number of halogens is 3. The number of aromatic amines is 1. The summed E-state index contributed by atoms with van der Waals surface area (Å²) in [5.41, 5.74) is 1.86. The number of hydrogen-bond acceptors (Lipinski definition) is 1. The van der Waals surface area contributed by atoms with Crippen molar-refractivity contribution < 1.29 is 13.2 Å². The van der Waals surface area contributed by atoms with E-state index < -0.39 is 11.7 Å². The fourth-order valence-electron chi connectivity index (χ4n) is 2.31. The summed E-state index contributed by atoms with van der Waals surface area (Å²) in [4.78, 5) is 3.11. The lowest BCUT2D eigenvalue weighted by atomic mass is 10.1. The number of H-pyrrole nitrogens is 1. The highest BCUT2D eigenvalue weighted by molar-refractivity contribution is 5.83. The van der Waals surface area contributed by atoms with E-state index >= 15 is 0 Å². The van der Waals surface area contributed by atoms with E-state index in [0.29, 0.717) is 12.2 Å². The standard InChI is InChI=1S/C16H13F3N2/c17-16(18,19)12-4-2-5-13(9-12)21-10-11-3-1-6-15-14(11)7-8-20-15/h1-9,20-21H,10H2. The van der Waals surface area contributed by atoms with Crippen molar-refractivity contribution in [3.05, 3.63) is 65.9 Å². The van der Waals surface area contributed by atoms with Crippen molar-refractivity contribution in [1.82, 2.24) is 4.98 Å². The Hall–Kier alpha value is -2.43. The van der Waals surface area contributed by atoms with Crippen LogP contribution in [0, 0.1) is 0 Å². The highest BCUT2D eigenvalue weighted by Gasteiger charge is 2.30. The third kappa shape index (κ3) is 2.86. The quantitative estimate of drug-likeness (QED) is 0.712. The van der Waals surface area contributed by atoms with E-state index in [1.54, 1.807) is 6.07 Å². The van der Waals surface area contributed by atoms with E-state index in [1.165, 1.54) is 6.07 Å². The molecule has 2 aromatic carbocycles. The molecule has 0 bridgehead atoms. The molecule has 0 fully saturated rings. The Morgan fingerprint density at radius 1 is 1.00 bits per heavy atom. The summed E-state index contributed by atoms with van der Waals surface area (Å²) in [6.07, 6.45) is -2.48. The van der Waals surface area contributed by atoms with Gasteiger partial charge in [-0.3, -0.25) is 0 Å². The van der Waals surface area contributed by atoms with Crippen molar-refractivity contribution in [2.45, 2.75) is 12.7 Å². The Labute approximate surface area is 119 Å². The normalized spacial score (nSPS) is 11.8. The van der Waals surface area contributed by atoms with E-state index in [-0.39, 0.29) is 0 Å². The van der Waals surface area contributed by atoms with Crippen LogP contribution in [-0.4, -0.2) is 4.98 Å². The molecule has 3 aromatic rings. The largest absolute Gasteiger partial charge is 0.416 e. The molecule has 0 aliphatic carbocycles. The molecule has 108 valence electrons. The Bertz CT molecular complexity index is 759. The highest BCUT2D eigenvalue weighted by atomic mass is 19.4. The third-order valence-electron chi connectivity index (χ3n) is 3.36. The molecule has 1 aromatic heterocycles. The average Bonchev–Trinajstić information content (AvgIpc) is 2.93. The molecular weight excluding hydrogens is 277 g/mol. The monoisotopic (exact) mass is 290 g/mol. The van der Waals surface area contributed by atoms with Gasteiger partial charge in [0.15, 0.2) is 0 Å². The van der Waals surface area contributed by atoms with Crippen LogP contribution in [0.5, 0.6) is 0 Å². The fourth-order valence-corrected chi connectivity index (χ4v) is 2.31. The minimum absolute atomic E-state index is 0.456. The second-order valence-electron chi connectivity index (χ2n) is 4.79. The minimum Gasteiger partial charge on any atom is -0.381 e. The molecule has 3 rings (SSSR count). The van der Waals surface area contributed by atoms with E-state index in [2.05, 4.69) is 10.3 Å². The van der Waals surface area contributed by atoms with Gasteiger partial charge >= 0.3 is 6.18 Å². The molecule has 0 radical (unpaired) electrons. The average molecular weight is 290 g/mol. The minimum atomic E-state index is -4.32. The van der Waals surface area contributed by atoms with Gasteiger partial charge in [-0.2, -0.15) is 13.2 Å². The first kappa shape index (κ1) is 13.5. The van der Waals surface area contributed by atoms with E-state index in [9.17, 15) is 13.2 Å². The van der Waals surface area contributed by atoms with Gasteiger partial charge in [-0.1, -0.05) is 18.2 Å². The van der Waals surface area contributed by atoms with Gasteiger partial charge in [0.25, 0.3) is 0 Å². The number of alkyl halides is 3. The van der Waals surface area contributed by atoms with Gasteiger partial charge in [0.2, 0.25) is 0 Å². The van der Waals surface area contributed by atoms with Gasteiger partial charge in [-0.05, 0) is 35.9 Å². The van der Waals surface area contributed by atoms with Gasteiger partial charge in [0.05, 0.1) is 5.56 Å². The summed E-state index contributed by atoms with van der Waals surface area (Å²) in [6, 6.07) is 13.0. The van der Waals surface area contributed by atoms with Crippen LogP contribution in [-0.2, 0) is 12.7 Å². The van der Waals surface area contributed by atoms with E-state index in [0.717, 1.165) is 28.6 Å². The van der Waals surface area contributed by atoms with E-state index in [1.807, 2.05) is 30.5 Å². The van der Waals surface area contributed by atoms with Crippen LogP contribution in [0.15, 0.2) is 54.7 Å². The fraction of sp³-hybridized carbons (Fsp3) is 0.125. The Morgan fingerprint density at radius 3 is 2.62 bits per heavy atom. The number of aromatic nitrogens is 1. The second kappa shape index (κ2) is 5.16. The number of anilines is 1. The van der Waals surface area contributed by atoms with Crippen LogP contribution < -0.4 is 5.32 Å². The van der Waals surface area contributed by atoms with Crippen LogP contribution in [0.3, 0.4) is 0 Å². The summed E-state index contributed by atoms with van der Waals surface area (Å²) in [6.45, 7) is 0.469. The van der Waals surface area contributed by atoms with Gasteiger partial charge in [-0.25, -0.2) is 0 Å². The molecule has 0 unspecified atom stereocenters. The molecule has 0 spiro atoms. The van der Waals surface area contributed by atoms with Gasteiger partial charge in [0, 0.05) is 29.3 Å². The molecule has 2 nitrogen and oxygen atoms in total. The van der Waals surface area contributed by atoms with Crippen molar-refractivity contribution in [2.24, 2.45) is 0 Å². The molecule has 0 amide bonds. The predicted octanol–water partition coefficient (Wildman–Crippen LogP) is 4.80. The third-order valence-corrected chi connectivity index (χ3v) is 3.36. The zero-order valence-electron chi connectivity index (χ0n) is 11.0. The first-order chi connectivity index (χ1) is 10.0. The zero-order valence-corrected chi connectivity index (χ0v) is 11.0. The molecular formula is C16H13F3N2. The molecule has 0 saturated carbocycles. The summed E-state index contributed by atoms with van der Waals surface area (Å²) >= 11 is 0. The van der Waals surface area contributed by atoms with Crippen molar-refractivity contribution in [3.8, 4) is 0 Å². The lowest BCUT2D eigenvalue weighted by molar-refractivity contribution is -0.137. The Balaban J connectivity index is 1.80. The zero-order chi connectivity index (χ0) is 14.9. The number of nitrogens with one attached hydrogen (secondary N) is 2. The summed E-state index contributed by atoms with van der Waals surface area (Å²) in [7, 11) is 0. The van der Waals surface area contributed by atoms with Crippen LogP contribution in [0.1, 0.15) is 11.1 Å². The van der Waals surface area contributed by atoms with Crippen molar-refractivity contribution in [1.29, 1.82) is 0 Å². The Kier molecular flexibility index (Phi) is 3.33. The molecule has 0 atom stereocenters. The Morgan fingerprint density at radius 2 is 1.81 bits per heavy atom. The molecule has 0 aliphatic heterocycles. The number of benzene rings is 2. The van der Waals surface area contributed by atoms with Gasteiger partial charge in [-0.15, -0.1) is 0 Å². The maximum Gasteiger partial charge on any atom is 0.416 e. The van der Waals surface area contributed by atoms with Crippen LogP contribution in [0.25, 0.3) is 10.9 Å². The van der Waals surface area contributed by atoms with Crippen LogP contribution in [0.4, 0.5) is 18.9 Å². The van der Waals surface area contributed by atoms with Gasteiger partial charge < -0.3 is 10.3 Å². The summed E-state index contributed by atoms with van der Waals surface area (Å²) in [5, 5.41) is 4.11. The molecule has 2 N–H and O–H groups in total. The molecule has 5 heteroatoms. The lowest BCUT2D eigenvalue weighted by Crippen LogP contribution is -2.06. The van der Waals surface area contributed by atoms with Crippen LogP contribution >= 0.6 is 0 Å². The summed E-state index contributed by atoms with van der Waals surface area (Å²) in [5.74, 6) is 0. The van der Waals surface area contributed by atoms with Crippen molar-refractivity contribution in [3.63, 3.8) is 0 Å². The first-order valence-electron chi connectivity index (χ1n) is 6.50. The highest BCUT2D eigenvalue weighted by Crippen LogP contribution is 2.30. The second-order valence-corrected chi connectivity index (χ2v) is 4.79. The van der Waals surface area contributed by atoms with E-state index in [4.69, 9.17) is 0 Å². The number of hydrogen-bond donors (Lipinski definition) is 2. The number of fused-ring (bicyclic) bond motifs is 1. The molecule has 0 saturated heterocycles. The SMILES string of the molecule is FC(F)(F)c1cccc(NCc2cccc3[nH]ccc23)c1.